The molecule has 0 aliphatic heterocycles. The number of hydrogen-bond acceptors (Lipinski definition) is 7. The number of carbonyl (C=O) groups is 2. The molecule has 1 heterocycles. The molecule has 33 heavy (non-hydrogen) atoms. The smallest absolute Gasteiger partial charge is 0.282 e. The maximum atomic E-state index is 12.4. The number of hydrogen-bond donors (Lipinski definition) is 2. The van der Waals surface area contributed by atoms with Gasteiger partial charge in [0.05, 0.1) is 12.1 Å². The molecule has 10 heteroatoms. The summed E-state index contributed by atoms with van der Waals surface area (Å²) in [5.74, 6) is 0.356. The molecule has 0 saturated heterocycles. The van der Waals surface area contributed by atoms with Gasteiger partial charge in [-0.05, 0) is 36.3 Å². The summed E-state index contributed by atoms with van der Waals surface area (Å²) in [5.41, 5.74) is 1.72. The molecule has 2 aromatic carbocycles. The quantitative estimate of drug-likeness (QED) is 0.452. The Morgan fingerprint density at radius 1 is 1.06 bits per heavy atom. The maximum Gasteiger partial charge on any atom is 0.282 e. The molecule has 1 aromatic heterocycles. The van der Waals surface area contributed by atoms with Gasteiger partial charge in [0, 0.05) is 13.1 Å². The molecule has 0 spiro atoms. The average Bonchev–Trinajstić information content (AvgIpc) is 3.33. The minimum atomic E-state index is -0.317. The van der Waals surface area contributed by atoms with Crippen molar-refractivity contribution in [2.45, 2.75) is 13.5 Å². The topological polar surface area (TPSA) is 102 Å². The van der Waals surface area contributed by atoms with Crippen LogP contribution in [0.2, 0.25) is 0 Å². The van der Waals surface area contributed by atoms with Crippen molar-refractivity contribution in [2.24, 2.45) is 0 Å². The Balaban J connectivity index is 1.65. The molecule has 0 radical (unpaired) electrons. The number of methoxy groups -OCH3 is 1. The van der Waals surface area contributed by atoms with Gasteiger partial charge in [0.2, 0.25) is 5.01 Å². The molecule has 0 bridgehead atoms. The molecular formula is C23H23ClN4O4S. The molecular weight excluding hydrogens is 464 g/mol. The predicted molar refractivity (Wildman–Crippen MR) is 128 cm³/mol. The Kier molecular flexibility index (Phi) is 8.79. The lowest BCUT2D eigenvalue weighted by Crippen LogP contribution is -2.28. The maximum absolute atomic E-state index is 12.4. The zero-order chi connectivity index (χ0) is 23.6. The van der Waals surface area contributed by atoms with Gasteiger partial charge < -0.3 is 20.1 Å². The summed E-state index contributed by atoms with van der Waals surface area (Å²) < 4.78 is 10.9. The number of nitrogens with one attached hydrogen (secondary N) is 2. The molecule has 0 saturated carbocycles. The molecule has 3 rings (SSSR count). The number of aromatic nitrogens is 2. The van der Waals surface area contributed by atoms with Crippen LogP contribution >= 0.6 is 22.9 Å². The Morgan fingerprint density at radius 3 is 2.55 bits per heavy atom. The fraction of sp³-hybridized carbons (Fsp3) is 0.217. The van der Waals surface area contributed by atoms with E-state index in [0.29, 0.717) is 34.6 Å². The molecule has 0 aliphatic rings. The average molecular weight is 487 g/mol. The lowest BCUT2D eigenvalue weighted by molar-refractivity contribution is -0.123. The summed E-state index contributed by atoms with van der Waals surface area (Å²) in [6.07, 6.45) is 1.68. The van der Waals surface area contributed by atoms with Crippen LogP contribution in [0.15, 0.2) is 48.5 Å². The zero-order valence-corrected chi connectivity index (χ0v) is 19.7. The first-order valence-corrected chi connectivity index (χ1v) is 11.3. The van der Waals surface area contributed by atoms with Gasteiger partial charge in [0.15, 0.2) is 23.1 Å². The van der Waals surface area contributed by atoms with Gasteiger partial charge in [0.25, 0.3) is 11.8 Å². The molecule has 3 aromatic rings. The minimum absolute atomic E-state index is 0.111. The number of rotatable bonds is 10. The monoisotopic (exact) mass is 486 g/mol. The summed E-state index contributed by atoms with van der Waals surface area (Å²) >= 11 is 7.51. The highest BCUT2D eigenvalue weighted by atomic mass is 35.5. The second kappa shape index (κ2) is 12.0. The highest BCUT2D eigenvalue weighted by Gasteiger charge is 2.15. The molecule has 2 N–H and O–H groups in total. The third-order valence-electron chi connectivity index (χ3n) is 4.33. The SMILES string of the molecule is CCNC(=O)COc1ccc(/C=C(/Cl)c2nnc(C(=O)NCc3ccccc3)s2)cc1OC. The van der Waals surface area contributed by atoms with Gasteiger partial charge >= 0.3 is 0 Å². The van der Waals surface area contributed by atoms with Crippen LogP contribution in [0.25, 0.3) is 11.1 Å². The van der Waals surface area contributed by atoms with Gasteiger partial charge in [0.1, 0.15) is 0 Å². The first-order valence-electron chi connectivity index (χ1n) is 10.1. The molecule has 8 nitrogen and oxygen atoms in total. The predicted octanol–water partition coefficient (Wildman–Crippen LogP) is 3.73. The van der Waals surface area contributed by atoms with Crippen molar-refractivity contribution < 1.29 is 19.1 Å². The van der Waals surface area contributed by atoms with Gasteiger partial charge in [-0.15, -0.1) is 10.2 Å². The Morgan fingerprint density at radius 2 is 1.82 bits per heavy atom. The van der Waals surface area contributed by atoms with E-state index in [2.05, 4.69) is 20.8 Å². The van der Waals surface area contributed by atoms with E-state index in [-0.39, 0.29) is 23.4 Å². The van der Waals surface area contributed by atoms with E-state index in [1.807, 2.05) is 37.3 Å². The lowest BCUT2D eigenvalue weighted by Gasteiger charge is -2.11. The number of carbonyl (C=O) groups excluding carboxylic acids is 2. The summed E-state index contributed by atoms with van der Waals surface area (Å²) in [6, 6.07) is 14.8. The van der Waals surface area contributed by atoms with Crippen LogP contribution in [0.4, 0.5) is 0 Å². The molecule has 2 amide bonds. The van der Waals surface area contributed by atoms with Crippen molar-refractivity contribution in [2.75, 3.05) is 20.3 Å². The first-order chi connectivity index (χ1) is 16.0. The summed E-state index contributed by atoms with van der Waals surface area (Å²) in [6.45, 7) is 2.65. The lowest BCUT2D eigenvalue weighted by atomic mass is 10.2. The number of likely N-dealkylation sites (N-methyl/N-ethyl adjacent to an activating group) is 1. The van der Waals surface area contributed by atoms with Gasteiger partial charge in [-0.2, -0.15) is 0 Å². The van der Waals surface area contributed by atoms with Crippen LogP contribution in [0.1, 0.15) is 32.9 Å². The standard InChI is InChI=1S/C23H23ClN4O4S/c1-3-25-20(29)14-32-18-10-9-16(12-19(18)31-2)11-17(24)22-27-28-23(33-22)21(30)26-13-15-7-5-4-6-8-15/h4-12H,3,13-14H2,1-2H3,(H,25,29)(H,26,30)/b17-11+. The number of nitrogens with zero attached hydrogens (tertiary/aromatic N) is 2. The Bertz CT molecular complexity index is 1130. The summed E-state index contributed by atoms with van der Waals surface area (Å²) in [4.78, 5) is 24.0. The molecule has 0 unspecified atom stereocenters. The van der Waals surface area contributed by atoms with E-state index in [4.69, 9.17) is 21.1 Å². The van der Waals surface area contributed by atoms with E-state index < -0.39 is 0 Å². The molecule has 0 aliphatic carbocycles. The number of amides is 2. The minimum Gasteiger partial charge on any atom is -0.493 e. The largest absolute Gasteiger partial charge is 0.493 e. The molecule has 0 atom stereocenters. The zero-order valence-electron chi connectivity index (χ0n) is 18.1. The third kappa shape index (κ3) is 7.03. The normalized spacial score (nSPS) is 11.1. The van der Waals surface area contributed by atoms with Crippen molar-refractivity contribution in [3.05, 3.63) is 69.7 Å². The van der Waals surface area contributed by atoms with Crippen molar-refractivity contribution in [1.29, 1.82) is 0 Å². The van der Waals surface area contributed by atoms with Crippen LogP contribution in [0, 0.1) is 0 Å². The Hall–Kier alpha value is -3.43. The molecule has 172 valence electrons. The van der Waals surface area contributed by atoms with Crippen LogP contribution in [-0.2, 0) is 11.3 Å². The van der Waals surface area contributed by atoms with E-state index in [9.17, 15) is 9.59 Å². The van der Waals surface area contributed by atoms with Crippen molar-refractivity contribution in [3.8, 4) is 11.5 Å². The van der Waals surface area contributed by atoms with Gasteiger partial charge in [-0.1, -0.05) is 59.3 Å². The number of benzene rings is 2. The number of halogens is 1. The van der Waals surface area contributed by atoms with Gasteiger partial charge in [-0.25, -0.2) is 0 Å². The third-order valence-corrected chi connectivity index (χ3v) is 5.69. The van der Waals surface area contributed by atoms with Crippen molar-refractivity contribution in [1.82, 2.24) is 20.8 Å². The van der Waals surface area contributed by atoms with Crippen LogP contribution in [0.5, 0.6) is 11.5 Å². The van der Waals surface area contributed by atoms with E-state index in [0.717, 1.165) is 22.5 Å². The van der Waals surface area contributed by atoms with Crippen molar-refractivity contribution in [3.63, 3.8) is 0 Å². The fourth-order valence-corrected chi connectivity index (χ4v) is 3.71. The van der Waals surface area contributed by atoms with Crippen LogP contribution < -0.4 is 20.1 Å². The fourth-order valence-electron chi connectivity index (χ4n) is 2.76. The van der Waals surface area contributed by atoms with E-state index in [1.54, 1.807) is 24.3 Å². The summed E-state index contributed by atoms with van der Waals surface area (Å²) in [5, 5.41) is 14.4. The van der Waals surface area contributed by atoms with Crippen LogP contribution in [-0.4, -0.2) is 42.3 Å². The van der Waals surface area contributed by atoms with Crippen LogP contribution in [0.3, 0.4) is 0 Å². The molecule has 0 fully saturated rings. The first kappa shape index (κ1) is 24.2. The second-order valence-electron chi connectivity index (χ2n) is 6.73. The number of ether oxygens (including phenoxy) is 2. The highest BCUT2D eigenvalue weighted by Crippen LogP contribution is 2.31. The van der Waals surface area contributed by atoms with E-state index >= 15 is 0 Å². The van der Waals surface area contributed by atoms with Gasteiger partial charge in [-0.3, -0.25) is 9.59 Å². The summed E-state index contributed by atoms with van der Waals surface area (Å²) in [7, 11) is 1.51. The highest BCUT2D eigenvalue weighted by molar-refractivity contribution is 7.15. The van der Waals surface area contributed by atoms with E-state index in [1.165, 1.54) is 7.11 Å². The van der Waals surface area contributed by atoms with Crippen molar-refractivity contribution >= 4 is 45.9 Å². The second-order valence-corrected chi connectivity index (χ2v) is 8.11. The Labute approximate surface area is 200 Å².